The molecule has 0 spiro atoms. The Morgan fingerprint density at radius 3 is 2.56 bits per heavy atom. The van der Waals surface area contributed by atoms with Gasteiger partial charge in [-0.05, 0) is 36.4 Å². The van der Waals surface area contributed by atoms with E-state index in [9.17, 15) is 4.79 Å². The first kappa shape index (κ1) is 13.1. The fourth-order valence-corrected chi connectivity index (χ4v) is 1.97. The van der Waals surface area contributed by atoms with Crippen LogP contribution < -0.4 is 5.32 Å². The van der Waals surface area contributed by atoms with E-state index in [0.29, 0.717) is 10.6 Å². The Labute approximate surface area is 119 Å². The van der Waals surface area contributed by atoms with Crippen molar-refractivity contribution in [3.05, 3.63) is 63.6 Å². The molecule has 0 unspecified atom stereocenters. The van der Waals surface area contributed by atoms with E-state index in [-0.39, 0.29) is 12.3 Å². The molecule has 0 saturated carbocycles. The summed E-state index contributed by atoms with van der Waals surface area (Å²) in [6, 6.07) is 14.6. The molecule has 0 aliphatic carbocycles. The highest BCUT2D eigenvalue weighted by Crippen LogP contribution is 2.15. The van der Waals surface area contributed by atoms with E-state index in [4.69, 9.17) is 11.6 Å². The fourth-order valence-electron chi connectivity index (χ4n) is 1.51. The first-order valence-corrected chi connectivity index (χ1v) is 6.60. The van der Waals surface area contributed by atoms with E-state index in [2.05, 4.69) is 21.2 Å². The molecule has 2 aromatic carbocycles. The lowest BCUT2D eigenvalue weighted by Gasteiger charge is -2.06. The van der Waals surface area contributed by atoms with Crippen molar-refractivity contribution in [1.29, 1.82) is 0 Å². The van der Waals surface area contributed by atoms with E-state index in [1.165, 1.54) is 0 Å². The average Bonchev–Trinajstić information content (AvgIpc) is 2.38. The molecule has 0 amide bonds. The summed E-state index contributed by atoms with van der Waals surface area (Å²) >= 11 is 9.21. The summed E-state index contributed by atoms with van der Waals surface area (Å²) in [5, 5.41) is 3.65. The summed E-state index contributed by atoms with van der Waals surface area (Å²) in [6.45, 7) is 0.252. The van der Waals surface area contributed by atoms with Gasteiger partial charge in [0.1, 0.15) is 0 Å². The molecule has 0 bridgehead atoms. The van der Waals surface area contributed by atoms with Crippen LogP contribution in [-0.4, -0.2) is 12.3 Å². The summed E-state index contributed by atoms with van der Waals surface area (Å²) < 4.78 is 1.01. The number of halogens is 2. The van der Waals surface area contributed by atoms with Crippen LogP contribution in [0, 0.1) is 0 Å². The Hall–Kier alpha value is -1.32. The number of hydrogen-bond donors (Lipinski definition) is 1. The maximum atomic E-state index is 11.9. The molecule has 0 aromatic heterocycles. The Bertz CT molecular complexity index is 554. The van der Waals surface area contributed by atoms with E-state index >= 15 is 0 Å². The molecule has 92 valence electrons. The second-order valence-electron chi connectivity index (χ2n) is 3.79. The van der Waals surface area contributed by atoms with Crippen LogP contribution in [-0.2, 0) is 0 Å². The van der Waals surface area contributed by atoms with Gasteiger partial charge in [0.05, 0.1) is 6.54 Å². The largest absolute Gasteiger partial charge is 0.378 e. The third-order valence-electron chi connectivity index (χ3n) is 2.44. The van der Waals surface area contributed by atoms with Crippen molar-refractivity contribution in [3.8, 4) is 0 Å². The number of ketones is 1. The first-order valence-electron chi connectivity index (χ1n) is 5.43. The van der Waals surface area contributed by atoms with Gasteiger partial charge in [-0.2, -0.15) is 0 Å². The predicted molar refractivity (Wildman–Crippen MR) is 78.4 cm³/mol. The third kappa shape index (κ3) is 3.59. The lowest BCUT2D eigenvalue weighted by Crippen LogP contribution is -2.13. The molecule has 0 aliphatic rings. The number of nitrogens with one attached hydrogen (secondary N) is 1. The SMILES string of the molecule is O=C(CNc1ccc(Br)cc1)c1cccc(Cl)c1. The molecule has 0 radical (unpaired) electrons. The number of benzene rings is 2. The minimum atomic E-state index is 0.0143. The predicted octanol–water partition coefficient (Wildman–Crippen LogP) is 4.40. The number of Topliss-reactive ketones (excluding diaryl/α,β-unsaturated/α-hetero) is 1. The van der Waals surface area contributed by atoms with Crippen LogP contribution in [0.2, 0.25) is 5.02 Å². The minimum Gasteiger partial charge on any atom is -0.378 e. The number of carbonyl (C=O) groups excluding carboxylic acids is 1. The molecule has 0 saturated heterocycles. The third-order valence-corrected chi connectivity index (χ3v) is 3.21. The molecule has 0 heterocycles. The van der Waals surface area contributed by atoms with Gasteiger partial charge in [-0.1, -0.05) is 39.7 Å². The van der Waals surface area contributed by atoms with Gasteiger partial charge in [-0.25, -0.2) is 0 Å². The fraction of sp³-hybridized carbons (Fsp3) is 0.0714. The van der Waals surface area contributed by atoms with E-state index < -0.39 is 0 Å². The van der Waals surface area contributed by atoms with Crippen LogP contribution in [0.1, 0.15) is 10.4 Å². The van der Waals surface area contributed by atoms with Crippen molar-refractivity contribution in [2.24, 2.45) is 0 Å². The molecule has 2 aromatic rings. The van der Waals surface area contributed by atoms with Gasteiger partial charge < -0.3 is 5.32 Å². The molecule has 2 nitrogen and oxygen atoms in total. The Morgan fingerprint density at radius 2 is 1.89 bits per heavy atom. The van der Waals surface area contributed by atoms with Crippen LogP contribution >= 0.6 is 27.5 Å². The zero-order valence-electron chi connectivity index (χ0n) is 9.49. The van der Waals surface area contributed by atoms with Crippen molar-refractivity contribution in [3.63, 3.8) is 0 Å². The van der Waals surface area contributed by atoms with E-state index in [0.717, 1.165) is 10.2 Å². The molecule has 0 aliphatic heterocycles. The van der Waals surface area contributed by atoms with E-state index in [1.807, 2.05) is 24.3 Å². The molecule has 0 fully saturated rings. The standard InChI is InChI=1S/C14H11BrClNO/c15-11-4-6-13(7-5-11)17-9-14(18)10-2-1-3-12(16)8-10/h1-8,17H,9H2. The lowest BCUT2D eigenvalue weighted by molar-refractivity contribution is 0.101. The molecular weight excluding hydrogens is 314 g/mol. The topological polar surface area (TPSA) is 29.1 Å². The van der Waals surface area contributed by atoms with Gasteiger partial charge in [0.2, 0.25) is 0 Å². The van der Waals surface area contributed by atoms with Gasteiger partial charge in [0.25, 0.3) is 0 Å². The number of hydrogen-bond acceptors (Lipinski definition) is 2. The summed E-state index contributed by atoms with van der Waals surface area (Å²) in [7, 11) is 0. The second-order valence-corrected chi connectivity index (χ2v) is 5.15. The summed E-state index contributed by atoms with van der Waals surface area (Å²) in [5.41, 5.74) is 1.53. The van der Waals surface area contributed by atoms with Crippen LogP contribution in [0.15, 0.2) is 53.0 Å². The summed E-state index contributed by atoms with van der Waals surface area (Å²) in [5.74, 6) is 0.0143. The summed E-state index contributed by atoms with van der Waals surface area (Å²) in [6.07, 6.45) is 0. The van der Waals surface area contributed by atoms with Gasteiger partial charge in [-0.3, -0.25) is 4.79 Å². The molecule has 4 heteroatoms. The normalized spacial score (nSPS) is 10.1. The first-order chi connectivity index (χ1) is 8.65. The maximum absolute atomic E-state index is 11.9. The van der Waals surface area contributed by atoms with Gasteiger partial charge >= 0.3 is 0 Å². The quantitative estimate of drug-likeness (QED) is 0.845. The number of carbonyl (C=O) groups is 1. The molecular formula is C14H11BrClNO. The van der Waals surface area contributed by atoms with Gasteiger partial charge in [-0.15, -0.1) is 0 Å². The van der Waals surface area contributed by atoms with Crippen molar-refractivity contribution in [1.82, 2.24) is 0 Å². The zero-order chi connectivity index (χ0) is 13.0. The van der Waals surface area contributed by atoms with Crippen molar-refractivity contribution in [2.75, 3.05) is 11.9 Å². The van der Waals surface area contributed by atoms with Crippen LogP contribution in [0.3, 0.4) is 0 Å². The highest BCUT2D eigenvalue weighted by molar-refractivity contribution is 9.10. The highest BCUT2D eigenvalue weighted by atomic mass is 79.9. The van der Waals surface area contributed by atoms with Crippen molar-refractivity contribution < 1.29 is 4.79 Å². The Balaban J connectivity index is 1.98. The second kappa shape index (κ2) is 6.03. The monoisotopic (exact) mass is 323 g/mol. The molecule has 0 atom stereocenters. The van der Waals surface area contributed by atoms with E-state index in [1.54, 1.807) is 24.3 Å². The minimum absolute atomic E-state index is 0.0143. The average molecular weight is 325 g/mol. The maximum Gasteiger partial charge on any atom is 0.181 e. The lowest BCUT2D eigenvalue weighted by atomic mass is 10.1. The van der Waals surface area contributed by atoms with Crippen LogP contribution in [0.4, 0.5) is 5.69 Å². The molecule has 18 heavy (non-hydrogen) atoms. The highest BCUT2D eigenvalue weighted by Gasteiger charge is 2.05. The number of rotatable bonds is 4. The number of anilines is 1. The van der Waals surface area contributed by atoms with Crippen molar-refractivity contribution in [2.45, 2.75) is 0 Å². The zero-order valence-corrected chi connectivity index (χ0v) is 11.8. The van der Waals surface area contributed by atoms with Gasteiger partial charge in [0, 0.05) is 20.7 Å². The summed E-state index contributed by atoms with van der Waals surface area (Å²) in [4.78, 5) is 11.9. The van der Waals surface area contributed by atoms with Crippen LogP contribution in [0.25, 0.3) is 0 Å². The molecule has 1 N–H and O–H groups in total. The van der Waals surface area contributed by atoms with Crippen LogP contribution in [0.5, 0.6) is 0 Å². The Morgan fingerprint density at radius 1 is 1.17 bits per heavy atom. The smallest absolute Gasteiger partial charge is 0.181 e. The van der Waals surface area contributed by atoms with Gasteiger partial charge in [0.15, 0.2) is 5.78 Å². The Kier molecular flexibility index (Phi) is 4.39. The van der Waals surface area contributed by atoms with Crippen molar-refractivity contribution >= 4 is 39.0 Å². The molecule has 2 rings (SSSR count).